The Balaban J connectivity index is 1.91. The van der Waals surface area contributed by atoms with Crippen molar-refractivity contribution in [2.24, 2.45) is 0 Å². The lowest BCUT2D eigenvalue weighted by atomic mass is 10.2. The molecule has 0 atom stereocenters. The second-order valence-corrected chi connectivity index (χ2v) is 10.2. The largest absolute Gasteiger partial charge is 0.280 e. The van der Waals surface area contributed by atoms with Gasteiger partial charge in [0, 0.05) is 17.2 Å². The summed E-state index contributed by atoms with van der Waals surface area (Å²) in [5, 5.41) is 11.3. The Labute approximate surface area is 183 Å². The number of nitrogens with zero attached hydrogens (tertiary/aromatic N) is 1. The molecule has 12 heteroatoms. The lowest BCUT2D eigenvalue weighted by Crippen LogP contribution is -2.16. The SMILES string of the molecule is Cc1ccc([N+](=O)[O-])cc1S(=O)(=O)Nc1cccc(S(=O)(=O)Nc2cccc(Cl)c2)c1. The smallest absolute Gasteiger partial charge is 0.270 e. The third-order valence-corrected chi connectivity index (χ3v) is 7.28. The van der Waals surface area contributed by atoms with E-state index in [2.05, 4.69) is 9.44 Å². The highest BCUT2D eigenvalue weighted by Crippen LogP contribution is 2.26. The number of hydrogen-bond donors (Lipinski definition) is 2. The highest BCUT2D eigenvalue weighted by atomic mass is 35.5. The van der Waals surface area contributed by atoms with Gasteiger partial charge in [-0.05, 0) is 48.9 Å². The average Bonchev–Trinajstić information content (AvgIpc) is 2.67. The fourth-order valence-electron chi connectivity index (χ4n) is 2.69. The third kappa shape index (κ3) is 5.32. The Kier molecular flexibility index (Phi) is 6.20. The van der Waals surface area contributed by atoms with E-state index in [-0.39, 0.29) is 26.9 Å². The van der Waals surface area contributed by atoms with Crippen molar-refractivity contribution < 1.29 is 21.8 Å². The molecule has 3 aromatic carbocycles. The molecule has 0 aromatic heterocycles. The van der Waals surface area contributed by atoms with Gasteiger partial charge in [0.25, 0.3) is 25.7 Å². The number of non-ortho nitro benzene ring substituents is 1. The second-order valence-electron chi connectivity index (χ2n) is 6.46. The number of nitrogens with one attached hydrogen (secondary N) is 2. The molecule has 31 heavy (non-hydrogen) atoms. The van der Waals surface area contributed by atoms with Crippen LogP contribution in [0, 0.1) is 17.0 Å². The van der Waals surface area contributed by atoms with Crippen molar-refractivity contribution in [3.8, 4) is 0 Å². The standard InChI is InChI=1S/C19H16ClN3O6S2/c1-13-8-9-17(23(24)25)12-19(13)31(28,29)22-16-6-3-7-18(11-16)30(26,27)21-15-5-2-4-14(20)10-15/h2-12,21-22H,1H3. The van der Waals surface area contributed by atoms with Gasteiger partial charge in [0.05, 0.1) is 26.1 Å². The maximum absolute atomic E-state index is 12.8. The van der Waals surface area contributed by atoms with E-state index in [1.807, 2.05) is 0 Å². The molecule has 3 aromatic rings. The molecule has 0 fully saturated rings. The van der Waals surface area contributed by atoms with Crippen LogP contribution in [-0.2, 0) is 20.0 Å². The van der Waals surface area contributed by atoms with Crippen LogP contribution in [0.15, 0.2) is 76.5 Å². The molecule has 0 aliphatic rings. The number of nitro groups is 1. The zero-order valence-corrected chi connectivity index (χ0v) is 18.3. The molecule has 0 aliphatic carbocycles. The summed E-state index contributed by atoms with van der Waals surface area (Å²) in [7, 11) is -8.25. The molecule has 0 spiro atoms. The molecule has 0 saturated heterocycles. The number of nitro benzene ring substituents is 1. The molecule has 0 bridgehead atoms. The van der Waals surface area contributed by atoms with Crippen molar-refractivity contribution in [2.45, 2.75) is 16.7 Å². The summed E-state index contributed by atoms with van der Waals surface area (Å²) in [5.41, 5.74) is 0.128. The van der Waals surface area contributed by atoms with Crippen LogP contribution in [0.1, 0.15) is 5.56 Å². The lowest BCUT2D eigenvalue weighted by Gasteiger charge is -2.12. The summed E-state index contributed by atoms with van der Waals surface area (Å²) >= 11 is 5.87. The normalized spacial score (nSPS) is 11.7. The fourth-order valence-corrected chi connectivity index (χ4v) is 5.30. The minimum atomic E-state index is -4.21. The molecule has 0 radical (unpaired) electrons. The molecular weight excluding hydrogens is 466 g/mol. The van der Waals surface area contributed by atoms with E-state index in [9.17, 15) is 26.9 Å². The first kappa shape index (κ1) is 22.5. The van der Waals surface area contributed by atoms with E-state index < -0.39 is 25.0 Å². The number of aryl methyl sites for hydroxylation is 1. The van der Waals surface area contributed by atoms with Crippen LogP contribution in [0.4, 0.5) is 17.1 Å². The van der Waals surface area contributed by atoms with E-state index >= 15 is 0 Å². The van der Waals surface area contributed by atoms with Gasteiger partial charge in [-0.3, -0.25) is 19.6 Å². The number of sulfonamides is 2. The summed E-state index contributed by atoms with van der Waals surface area (Å²) in [6.45, 7) is 1.49. The molecule has 3 rings (SSSR count). The molecular formula is C19H16ClN3O6S2. The first-order valence-electron chi connectivity index (χ1n) is 8.64. The Bertz CT molecular complexity index is 1370. The zero-order valence-electron chi connectivity index (χ0n) is 15.9. The number of hydrogen-bond acceptors (Lipinski definition) is 6. The van der Waals surface area contributed by atoms with Gasteiger partial charge in [-0.2, -0.15) is 0 Å². The van der Waals surface area contributed by atoms with Crippen LogP contribution < -0.4 is 9.44 Å². The molecule has 0 unspecified atom stereocenters. The van der Waals surface area contributed by atoms with Gasteiger partial charge in [0.2, 0.25) is 0 Å². The fraction of sp³-hybridized carbons (Fsp3) is 0.0526. The maximum Gasteiger partial charge on any atom is 0.270 e. The van der Waals surface area contributed by atoms with Crippen LogP contribution in [0.5, 0.6) is 0 Å². The Morgan fingerprint density at radius 2 is 1.45 bits per heavy atom. The van der Waals surface area contributed by atoms with Gasteiger partial charge in [-0.25, -0.2) is 16.8 Å². The highest BCUT2D eigenvalue weighted by molar-refractivity contribution is 7.93. The highest BCUT2D eigenvalue weighted by Gasteiger charge is 2.22. The third-order valence-electron chi connectivity index (χ3n) is 4.15. The van der Waals surface area contributed by atoms with E-state index in [1.54, 1.807) is 12.1 Å². The van der Waals surface area contributed by atoms with Crippen LogP contribution in [0.2, 0.25) is 5.02 Å². The number of halogens is 1. The number of anilines is 2. The van der Waals surface area contributed by atoms with Gasteiger partial charge >= 0.3 is 0 Å². The number of rotatable bonds is 7. The molecule has 0 aliphatic heterocycles. The van der Waals surface area contributed by atoms with Crippen molar-refractivity contribution in [3.63, 3.8) is 0 Å². The molecule has 2 N–H and O–H groups in total. The number of benzene rings is 3. The summed E-state index contributed by atoms with van der Waals surface area (Å²) < 4.78 is 55.5. The van der Waals surface area contributed by atoms with Gasteiger partial charge in [0.15, 0.2) is 0 Å². The second kappa shape index (κ2) is 8.53. The molecule has 9 nitrogen and oxygen atoms in total. The quantitative estimate of drug-likeness (QED) is 0.384. The Morgan fingerprint density at radius 3 is 2.10 bits per heavy atom. The van der Waals surface area contributed by atoms with Crippen LogP contribution in [0.25, 0.3) is 0 Å². The van der Waals surface area contributed by atoms with Gasteiger partial charge < -0.3 is 0 Å². The molecule has 0 heterocycles. The van der Waals surface area contributed by atoms with Crippen molar-refractivity contribution in [3.05, 3.63) is 87.4 Å². The van der Waals surface area contributed by atoms with Gasteiger partial charge in [-0.1, -0.05) is 29.8 Å². The Morgan fingerprint density at radius 1 is 0.839 bits per heavy atom. The summed E-state index contributed by atoms with van der Waals surface area (Å²) in [6.07, 6.45) is 0. The van der Waals surface area contributed by atoms with E-state index in [0.717, 1.165) is 12.1 Å². The van der Waals surface area contributed by atoms with E-state index in [1.165, 1.54) is 49.4 Å². The van der Waals surface area contributed by atoms with Crippen molar-refractivity contribution in [2.75, 3.05) is 9.44 Å². The minimum Gasteiger partial charge on any atom is -0.280 e. The maximum atomic E-state index is 12.8. The van der Waals surface area contributed by atoms with Gasteiger partial charge in [-0.15, -0.1) is 0 Å². The Hall–Kier alpha value is -3.15. The lowest BCUT2D eigenvalue weighted by molar-refractivity contribution is -0.385. The van der Waals surface area contributed by atoms with E-state index in [4.69, 9.17) is 11.6 Å². The monoisotopic (exact) mass is 481 g/mol. The minimum absolute atomic E-state index is 0.0279. The average molecular weight is 482 g/mol. The van der Waals surface area contributed by atoms with Crippen molar-refractivity contribution in [1.82, 2.24) is 0 Å². The first-order chi connectivity index (χ1) is 14.5. The van der Waals surface area contributed by atoms with Crippen molar-refractivity contribution >= 4 is 48.7 Å². The predicted octanol–water partition coefficient (Wildman–Crippen LogP) is 4.16. The van der Waals surface area contributed by atoms with Crippen molar-refractivity contribution in [1.29, 1.82) is 0 Å². The van der Waals surface area contributed by atoms with Crippen LogP contribution in [-0.4, -0.2) is 21.8 Å². The van der Waals surface area contributed by atoms with Gasteiger partial charge in [0.1, 0.15) is 0 Å². The van der Waals surface area contributed by atoms with Crippen LogP contribution in [0.3, 0.4) is 0 Å². The molecule has 162 valence electrons. The zero-order chi connectivity index (χ0) is 22.8. The molecule has 0 amide bonds. The van der Waals surface area contributed by atoms with E-state index in [0.29, 0.717) is 10.6 Å². The first-order valence-corrected chi connectivity index (χ1v) is 12.0. The summed E-state index contributed by atoms with van der Waals surface area (Å²) in [6, 6.07) is 14.7. The predicted molar refractivity (Wildman–Crippen MR) is 117 cm³/mol. The molecule has 0 saturated carbocycles. The summed E-state index contributed by atoms with van der Waals surface area (Å²) in [4.78, 5) is 9.81. The topological polar surface area (TPSA) is 135 Å². The van der Waals surface area contributed by atoms with Crippen LogP contribution >= 0.6 is 11.6 Å². The summed E-state index contributed by atoms with van der Waals surface area (Å²) in [5.74, 6) is 0.